The zero-order valence-corrected chi connectivity index (χ0v) is 15.2. The van der Waals surface area contributed by atoms with Crippen LogP contribution in [0.15, 0.2) is 60.7 Å². The molecule has 2 aromatic carbocycles. The van der Waals surface area contributed by atoms with E-state index in [1.54, 1.807) is 0 Å². The van der Waals surface area contributed by atoms with Crippen molar-refractivity contribution in [3.05, 3.63) is 71.8 Å². The summed E-state index contributed by atoms with van der Waals surface area (Å²) in [6, 6.07) is 20.7. The number of benzene rings is 2. The maximum Gasteiger partial charge on any atom is 0.233 e. The van der Waals surface area contributed by atoms with Crippen LogP contribution in [0.2, 0.25) is 0 Å². The van der Waals surface area contributed by atoms with E-state index in [9.17, 15) is 4.79 Å². The Morgan fingerprint density at radius 3 is 2.24 bits per heavy atom. The number of hydrogen-bond donors (Lipinski definition) is 1. The van der Waals surface area contributed by atoms with E-state index in [2.05, 4.69) is 55.6 Å². The molecule has 3 rings (SSSR count). The minimum atomic E-state index is -0.336. The summed E-state index contributed by atoms with van der Waals surface area (Å²) in [6.45, 7) is 7.39. The monoisotopic (exact) mass is 336 g/mol. The van der Waals surface area contributed by atoms with Gasteiger partial charge in [-0.25, -0.2) is 0 Å². The summed E-state index contributed by atoms with van der Waals surface area (Å²) in [6.07, 6.45) is 0.939. The van der Waals surface area contributed by atoms with E-state index < -0.39 is 0 Å². The molecule has 1 amide bonds. The number of rotatable bonds is 8. The molecule has 0 saturated heterocycles. The van der Waals surface area contributed by atoms with Crippen LogP contribution in [0.4, 0.5) is 0 Å². The van der Waals surface area contributed by atoms with Gasteiger partial charge in [0.2, 0.25) is 5.91 Å². The largest absolute Gasteiger partial charge is 0.342 e. The quantitative estimate of drug-likeness (QED) is 0.799. The van der Waals surface area contributed by atoms with Gasteiger partial charge in [-0.1, -0.05) is 60.7 Å². The molecule has 132 valence electrons. The number of nitrogens with zero attached hydrogens (tertiary/aromatic N) is 1. The van der Waals surface area contributed by atoms with E-state index in [1.165, 1.54) is 11.1 Å². The molecule has 0 aliphatic heterocycles. The van der Waals surface area contributed by atoms with E-state index >= 15 is 0 Å². The molecular weight excluding hydrogens is 308 g/mol. The Kier molecular flexibility index (Phi) is 5.54. The molecule has 3 heteroatoms. The second-order valence-corrected chi connectivity index (χ2v) is 6.83. The number of likely N-dealkylation sites (N-methyl/N-ethyl adjacent to an activating group) is 1. The summed E-state index contributed by atoms with van der Waals surface area (Å²) < 4.78 is 0. The third-order valence-electron chi connectivity index (χ3n) is 5.39. The lowest BCUT2D eigenvalue weighted by molar-refractivity contribution is -0.134. The van der Waals surface area contributed by atoms with Crippen LogP contribution in [0.5, 0.6) is 0 Å². The molecule has 2 aromatic rings. The Morgan fingerprint density at radius 2 is 1.64 bits per heavy atom. The molecule has 2 atom stereocenters. The van der Waals surface area contributed by atoms with Crippen LogP contribution in [0, 0.1) is 5.92 Å². The zero-order valence-electron chi connectivity index (χ0n) is 15.2. The molecule has 0 heterocycles. The summed E-state index contributed by atoms with van der Waals surface area (Å²) in [5, 5.41) is 3.55. The highest BCUT2D eigenvalue weighted by Gasteiger charge is 2.61. The predicted octanol–water partition coefficient (Wildman–Crippen LogP) is 3.60. The van der Waals surface area contributed by atoms with Gasteiger partial charge in [0, 0.05) is 19.6 Å². The van der Waals surface area contributed by atoms with Crippen molar-refractivity contribution in [2.45, 2.75) is 32.2 Å². The van der Waals surface area contributed by atoms with Crippen LogP contribution < -0.4 is 5.32 Å². The molecule has 1 aliphatic carbocycles. The highest BCUT2D eigenvalue weighted by molar-refractivity contribution is 5.92. The molecule has 0 radical (unpaired) electrons. The van der Waals surface area contributed by atoms with Gasteiger partial charge in [-0.2, -0.15) is 0 Å². The molecule has 1 N–H and O–H groups in total. The Balaban J connectivity index is 1.71. The molecule has 25 heavy (non-hydrogen) atoms. The zero-order chi connectivity index (χ0) is 17.7. The van der Waals surface area contributed by atoms with Gasteiger partial charge in [-0.3, -0.25) is 4.79 Å². The highest BCUT2D eigenvalue weighted by Crippen LogP contribution is 2.55. The van der Waals surface area contributed by atoms with Gasteiger partial charge < -0.3 is 10.2 Å². The van der Waals surface area contributed by atoms with Gasteiger partial charge in [0.15, 0.2) is 0 Å². The van der Waals surface area contributed by atoms with Crippen molar-refractivity contribution in [3.8, 4) is 0 Å². The topological polar surface area (TPSA) is 32.3 Å². The average molecular weight is 336 g/mol. The fraction of sp³-hybridized carbons (Fsp3) is 0.409. The molecule has 0 spiro atoms. The summed E-state index contributed by atoms with van der Waals surface area (Å²) in [5.41, 5.74) is 2.11. The lowest BCUT2D eigenvalue weighted by Gasteiger charge is -2.26. The van der Waals surface area contributed by atoms with Crippen molar-refractivity contribution in [3.63, 3.8) is 0 Å². The fourth-order valence-electron chi connectivity index (χ4n) is 3.83. The van der Waals surface area contributed by atoms with Crippen LogP contribution in [-0.4, -0.2) is 30.4 Å². The van der Waals surface area contributed by atoms with Crippen LogP contribution in [-0.2, 0) is 16.8 Å². The van der Waals surface area contributed by atoms with Crippen molar-refractivity contribution in [2.24, 2.45) is 5.92 Å². The van der Waals surface area contributed by atoms with Crippen LogP contribution in [0.25, 0.3) is 0 Å². The molecule has 1 saturated carbocycles. The minimum Gasteiger partial charge on any atom is -0.342 e. The fourth-order valence-corrected chi connectivity index (χ4v) is 3.83. The number of carbonyl (C=O) groups is 1. The summed E-state index contributed by atoms with van der Waals surface area (Å²) in [7, 11) is 0. The normalized spacial score (nSPS) is 21.8. The average Bonchev–Trinajstić information content (AvgIpc) is 3.40. The maximum atomic E-state index is 13.2. The van der Waals surface area contributed by atoms with Gasteiger partial charge in [0.05, 0.1) is 5.41 Å². The number of carbonyl (C=O) groups excluding carboxylic acids is 1. The molecule has 0 aromatic heterocycles. The van der Waals surface area contributed by atoms with Crippen molar-refractivity contribution in [1.82, 2.24) is 10.2 Å². The molecule has 0 unspecified atom stereocenters. The predicted molar refractivity (Wildman–Crippen MR) is 102 cm³/mol. The van der Waals surface area contributed by atoms with Crippen molar-refractivity contribution < 1.29 is 4.79 Å². The van der Waals surface area contributed by atoms with Gasteiger partial charge in [-0.15, -0.1) is 0 Å². The van der Waals surface area contributed by atoms with E-state index in [4.69, 9.17) is 0 Å². The SMILES string of the molecule is CCN(CC)C(=O)[C@@]1(c2ccccc2)C[C@H]1CNCc1ccccc1. The van der Waals surface area contributed by atoms with Crippen LogP contribution in [0.3, 0.4) is 0 Å². The van der Waals surface area contributed by atoms with E-state index in [0.717, 1.165) is 32.6 Å². The number of hydrogen-bond acceptors (Lipinski definition) is 2. The Bertz CT molecular complexity index is 682. The van der Waals surface area contributed by atoms with Crippen molar-refractivity contribution in [1.29, 1.82) is 0 Å². The molecule has 0 bridgehead atoms. The van der Waals surface area contributed by atoms with E-state index in [0.29, 0.717) is 5.92 Å². The van der Waals surface area contributed by atoms with Gasteiger partial charge in [0.1, 0.15) is 0 Å². The minimum absolute atomic E-state index is 0.287. The van der Waals surface area contributed by atoms with Crippen LogP contribution in [0.1, 0.15) is 31.4 Å². The highest BCUT2D eigenvalue weighted by atomic mass is 16.2. The molecule has 3 nitrogen and oxygen atoms in total. The van der Waals surface area contributed by atoms with E-state index in [-0.39, 0.29) is 11.3 Å². The van der Waals surface area contributed by atoms with Gasteiger partial charge in [-0.05, 0) is 43.9 Å². The first-order chi connectivity index (χ1) is 12.2. The number of amides is 1. The summed E-state index contributed by atoms with van der Waals surface area (Å²) >= 11 is 0. The molecule has 1 aliphatic rings. The summed E-state index contributed by atoms with van der Waals surface area (Å²) in [5.74, 6) is 0.655. The standard InChI is InChI=1S/C22H28N2O/c1-3-24(4-2)21(25)22(19-13-9-6-10-14-19)15-20(22)17-23-16-18-11-7-5-8-12-18/h5-14,20,23H,3-4,15-17H2,1-2H3/t20-,22+/m0/s1. The lowest BCUT2D eigenvalue weighted by Crippen LogP contribution is -2.41. The second-order valence-electron chi connectivity index (χ2n) is 6.83. The van der Waals surface area contributed by atoms with Gasteiger partial charge in [0.25, 0.3) is 0 Å². The first kappa shape index (κ1) is 17.7. The maximum absolute atomic E-state index is 13.2. The van der Waals surface area contributed by atoms with Crippen LogP contribution >= 0.6 is 0 Å². The first-order valence-corrected chi connectivity index (χ1v) is 9.32. The molecular formula is C22H28N2O. The molecule has 1 fully saturated rings. The second kappa shape index (κ2) is 7.83. The third kappa shape index (κ3) is 3.62. The van der Waals surface area contributed by atoms with Gasteiger partial charge >= 0.3 is 0 Å². The van der Waals surface area contributed by atoms with Crippen molar-refractivity contribution in [2.75, 3.05) is 19.6 Å². The lowest BCUT2D eigenvalue weighted by atomic mass is 9.91. The third-order valence-corrected chi connectivity index (χ3v) is 5.39. The summed E-state index contributed by atoms with van der Waals surface area (Å²) in [4.78, 5) is 15.2. The van der Waals surface area contributed by atoms with Crippen molar-refractivity contribution >= 4 is 5.91 Å². The smallest absolute Gasteiger partial charge is 0.233 e. The number of nitrogens with one attached hydrogen (secondary N) is 1. The first-order valence-electron chi connectivity index (χ1n) is 9.32. The Hall–Kier alpha value is -2.13. The Morgan fingerprint density at radius 1 is 1.04 bits per heavy atom. The van der Waals surface area contributed by atoms with E-state index in [1.807, 2.05) is 29.2 Å². The Labute approximate surface area is 151 Å².